The number of hydrogen-bond acceptors (Lipinski definition) is 8. The lowest BCUT2D eigenvalue weighted by Gasteiger charge is -2.25. The van der Waals surface area contributed by atoms with E-state index in [0.717, 1.165) is 11.1 Å². The van der Waals surface area contributed by atoms with Crippen molar-refractivity contribution in [3.63, 3.8) is 0 Å². The minimum atomic E-state index is -0.608. The smallest absolute Gasteiger partial charge is 0.258 e. The van der Waals surface area contributed by atoms with Crippen molar-refractivity contribution in [2.45, 2.75) is 37.8 Å². The number of anilines is 2. The largest absolute Gasteiger partial charge is 0.497 e. The van der Waals surface area contributed by atoms with E-state index >= 15 is 0 Å². The summed E-state index contributed by atoms with van der Waals surface area (Å²) in [6, 6.07) is 23.7. The molecule has 2 fully saturated rings. The third-order valence-electron chi connectivity index (χ3n) is 9.73. The molecule has 54 heavy (non-hydrogen) atoms. The van der Waals surface area contributed by atoms with Crippen LogP contribution < -0.4 is 29.6 Å². The van der Waals surface area contributed by atoms with E-state index in [2.05, 4.69) is 10.6 Å². The zero-order chi connectivity index (χ0) is 38.2. The molecule has 6 rings (SSSR count). The second-order valence-corrected chi connectivity index (χ2v) is 13.0. The maximum atomic E-state index is 13.5. The van der Waals surface area contributed by atoms with Crippen molar-refractivity contribution in [1.29, 1.82) is 0 Å². The lowest BCUT2D eigenvalue weighted by Crippen LogP contribution is -2.43. The Morgan fingerprint density at radius 2 is 0.944 bits per heavy atom. The molecule has 0 unspecified atom stereocenters. The summed E-state index contributed by atoms with van der Waals surface area (Å²) in [7, 11) is 6.07. The number of hydrogen-bond donors (Lipinski definition) is 2. The normalized spacial score (nSPS) is 16.6. The highest BCUT2D eigenvalue weighted by molar-refractivity contribution is 6.04. The van der Waals surface area contributed by atoms with E-state index in [4.69, 9.17) is 18.9 Å². The number of benzene rings is 4. The van der Waals surface area contributed by atoms with Gasteiger partial charge in [-0.3, -0.25) is 19.2 Å². The van der Waals surface area contributed by atoms with Crippen LogP contribution in [0.15, 0.2) is 84.9 Å². The summed E-state index contributed by atoms with van der Waals surface area (Å²) in [5.41, 5.74) is 3.80. The molecule has 2 aliphatic heterocycles. The Labute approximate surface area is 314 Å². The second kappa shape index (κ2) is 17.0. The molecular weight excluding hydrogens is 688 g/mol. The van der Waals surface area contributed by atoms with Gasteiger partial charge in [0, 0.05) is 24.5 Å². The average molecular weight is 733 g/mol. The van der Waals surface area contributed by atoms with E-state index in [9.17, 15) is 19.2 Å². The van der Waals surface area contributed by atoms with Crippen molar-refractivity contribution in [2.75, 3.05) is 52.2 Å². The van der Waals surface area contributed by atoms with Gasteiger partial charge in [-0.05, 0) is 97.5 Å². The molecule has 0 aromatic heterocycles. The van der Waals surface area contributed by atoms with Gasteiger partial charge in [-0.1, -0.05) is 36.4 Å². The van der Waals surface area contributed by atoms with E-state index < -0.39 is 12.1 Å². The molecule has 0 radical (unpaired) electrons. The van der Waals surface area contributed by atoms with Gasteiger partial charge in [-0.15, -0.1) is 0 Å². The molecule has 12 nitrogen and oxygen atoms in total. The number of carbonyl (C=O) groups is 4. The number of likely N-dealkylation sites (tertiary alicyclic amines) is 2. The molecule has 2 atom stereocenters. The summed E-state index contributed by atoms with van der Waals surface area (Å²) in [4.78, 5) is 56.8. The van der Waals surface area contributed by atoms with Crippen LogP contribution in [0.25, 0.3) is 12.2 Å². The summed E-state index contributed by atoms with van der Waals surface area (Å²) in [6.45, 7) is 0.936. The predicted octanol–water partition coefficient (Wildman–Crippen LogP) is 6.38. The van der Waals surface area contributed by atoms with Gasteiger partial charge >= 0.3 is 0 Å². The highest BCUT2D eigenvalue weighted by Gasteiger charge is 2.37. The second-order valence-electron chi connectivity index (χ2n) is 13.0. The average Bonchev–Trinajstić information content (AvgIpc) is 3.91. The maximum absolute atomic E-state index is 13.5. The number of methoxy groups -OCH3 is 4. The van der Waals surface area contributed by atoms with Crippen LogP contribution in [0.4, 0.5) is 11.4 Å². The molecule has 4 aromatic rings. The number of ether oxygens (including phenoxy) is 4. The van der Waals surface area contributed by atoms with Gasteiger partial charge in [0.2, 0.25) is 11.8 Å². The first-order chi connectivity index (χ1) is 26.2. The van der Waals surface area contributed by atoms with E-state index in [1.54, 1.807) is 46.2 Å². The Kier molecular flexibility index (Phi) is 11.8. The fourth-order valence-corrected chi connectivity index (χ4v) is 6.84. The molecule has 2 heterocycles. The first kappa shape index (κ1) is 37.5. The fraction of sp³-hybridized carbons (Fsp3) is 0.286. The lowest BCUT2D eigenvalue weighted by molar-refractivity contribution is -0.120. The number of amides is 4. The van der Waals surface area contributed by atoms with Crippen LogP contribution >= 0.6 is 0 Å². The van der Waals surface area contributed by atoms with Crippen LogP contribution in [-0.2, 0) is 9.59 Å². The van der Waals surface area contributed by atoms with Gasteiger partial charge in [-0.25, -0.2) is 0 Å². The number of rotatable bonds is 12. The quantitative estimate of drug-likeness (QED) is 0.160. The van der Waals surface area contributed by atoms with E-state index in [1.165, 1.54) is 28.4 Å². The molecule has 12 heteroatoms. The molecule has 2 aliphatic rings. The Bertz CT molecular complexity index is 1880. The van der Waals surface area contributed by atoms with Crippen LogP contribution in [0, 0.1) is 0 Å². The zero-order valence-corrected chi connectivity index (χ0v) is 30.8. The van der Waals surface area contributed by atoms with Gasteiger partial charge in [0.15, 0.2) is 0 Å². The molecule has 0 aliphatic carbocycles. The van der Waals surface area contributed by atoms with Crippen LogP contribution in [0.2, 0.25) is 0 Å². The third kappa shape index (κ3) is 8.33. The Morgan fingerprint density at radius 1 is 0.556 bits per heavy atom. The number of nitrogens with zero attached hydrogens (tertiary/aromatic N) is 2. The van der Waals surface area contributed by atoms with E-state index in [1.807, 2.05) is 60.7 Å². The van der Waals surface area contributed by atoms with E-state index in [-0.39, 0.29) is 23.6 Å². The van der Waals surface area contributed by atoms with Gasteiger partial charge in [0.05, 0.1) is 39.6 Å². The van der Waals surface area contributed by atoms with E-state index in [0.29, 0.717) is 84.3 Å². The van der Waals surface area contributed by atoms with Crippen LogP contribution in [-0.4, -0.2) is 87.0 Å². The SMILES string of the molecule is COc1ccc(OC)c(C(=O)N2CCC[C@H]2C(=O)Nc2ccc(C=Cc3ccc(NC(=O)[C@@H]4CCCN4C(=O)c4cc(OC)ccc4OC)cc3)cc2)c1. The topological polar surface area (TPSA) is 136 Å². The van der Waals surface area contributed by atoms with Gasteiger partial charge in [-0.2, -0.15) is 0 Å². The van der Waals surface area contributed by atoms with Crippen molar-refractivity contribution in [3.05, 3.63) is 107 Å². The first-order valence-electron chi connectivity index (χ1n) is 17.8. The highest BCUT2D eigenvalue weighted by atomic mass is 16.5. The first-order valence-corrected chi connectivity index (χ1v) is 17.8. The molecular formula is C42H44N4O8. The summed E-state index contributed by atoms with van der Waals surface area (Å²) in [6.07, 6.45) is 6.46. The van der Waals surface area contributed by atoms with Gasteiger partial charge < -0.3 is 39.4 Å². The number of nitrogens with one attached hydrogen (secondary N) is 2. The minimum Gasteiger partial charge on any atom is -0.497 e. The summed E-state index contributed by atoms with van der Waals surface area (Å²) >= 11 is 0. The predicted molar refractivity (Wildman–Crippen MR) is 206 cm³/mol. The van der Waals surface area contributed by atoms with Crippen LogP contribution in [0.1, 0.15) is 57.5 Å². The molecule has 0 spiro atoms. The summed E-state index contributed by atoms with van der Waals surface area (Å²) < 4.78 is 21.4. The van der Waals surface area contributed by atoms with Gasteiger partial charge in [0.25, 0.3) is 11.8 Å². The van der Waals surface area contributed by atoms with Crippen LogP contribution in [0.5, 0.6) is 23.0 Å². The molecule has 0 saturated carbocycles. The molecule has 2 N–H and O–H groups in total. The standard InChI is InChI=1S/C42H44N4O8/c1-51-31-19-21-37(53-3)33(25-31)41(49)45-23-5-7-35(45)39(47)43-29-15-11-27(12-16-29)9-10-28-13-17-30(18-14-28)44-40(48)36-8-6-24-46(36)42(50)34-26-32(52-2)20-22-38(34)54-4/h9-22,25-26,35-36H,5-8,23-24H2,1-4H3,(H,43,47)(H,44,48)/t35-,36-/m0/s1. The summed E-state index contributed by atoms with van der Waals surface area (Å²) in [5.74, 6) is 0.855. The minimum absolute atomic E-state index is 0.248. The van der Waals surface area contributed by atoms with Gasteiger partial charge in [0.1, 0.15) is 35.1 Å². The monoisotopic (exact) mass is 732 g/mol. The maximum Gasteiger partial charge on any atom is 0.258 e. The number of carbonyl (C=O) groups excluding carboxylic acids is 4. The molecule has 4 amide bonds. The molecule has 4 aromatic carbocycles. The molecule has 280 valence electrons. The Balaban J connectivity index is 1.03. The van der Waals surface area contributed by atoms with Crippen molar-refractivity contribution in [2.24, 2.45) is 0 Å². The highest BCUT2D eigenvalue weighted by Crippen LogP contribution is 2.31. The lowest BCUT2D eigenvalue weighted by atomic mass is 10.1. The van der Waals surface area contributed by atoms with Crippen molar-refractivity contribution >= 4 is 47.2 Å². The Hall–Kier alpha value is -6.30. The molecule has 0 bridgehead atoms. The Morgan fingerprint density at radius 3 is 1.30 bits per heavy atom. The zero-order valence-electron chi connectivity index (χ0n) is 30.8. The third-order valence-corrected chi connectivity index (χ3v) is 9.73. The van der Waals surface area contributed by atoms with Crippen LogP contribution in [0.3, 0.4) is 0 Å². The van der Waals surface area contributed by atoms with Crippen molar-refractivity contribution in [3.8, 4) is 23.0 Å². The van der Waals surface area contributed by atoms with Crippen molar-refractivity contribution in [1.82, 2.24) is 9.80 Å². The molecule has 2 saturated heterocycles. The fourth-order valence-electron chi connectivity index (χ4n) is 6.84. The summed E-state index contributed by atoms with van der Waals surface area (Å²) in [5, 5.41) is 5.92. The van der Waals surface area contributed by atoms with Crippen molar-refractivity contribution < 1.29 is 38.1 Å².